The van der Waals surface area contributed by atoms with Gasteiger partial charge in [-0.15, -0.1) is 0 Å². The summed E-state index contributed by atoms with van der Waals surface area (Å²) in [5.41, 5.74) is 2.23. The van der Waals surface area contributed by atoms with E-state index < -0.39 is 11.9 Å². The number of carbonyl (C=O) groups is 3. The van der Waals surface area contributed by atoms with Crippen molar-refractivity contribution in [3.63, 3.8) is 0 Å². The Kier molecular flexibility index (Phi) is 11.5. The van der Waals surface area contributed by atoms with E-state index in [1.165, 1.54) is 17.7 Å². The zero-order valence-electron chi connectivity index (χ0n) is 17.6. The number of Topliss-reactive ketones (excluding diaryl/α,β-unsaturated/α-hetero) is 1. The van der Waals surface area contributed by atoms with E-state index in [9.17, 15) is 18.8 Å². The molecule has 0 amide bonds. The summed E-state index contributed by atoms with van der Waals surface area (Å²) < 4.78 is 12.9. The molecule has 1 fully saturated rings. The summed E-state index contributed by atoms with van der Waals surface area (Å²) in [7, 11) is 0. The van der Waals surface area contributed by atoms with Gasteiger partial charge in [-0.25, -0.2) is 14.0 Å². The van der Waals surface area contributed by atoms with Crippen molar-refractivity contribution >= 4 is 17.7 Å². The van der Waals surface area contributed by atoms with Gasteiger partial charge >= 0.3 is 11.9 Å². The first-order chi connectivity index (χ1) is 14.8. The van der Waals surface area contributed by atoms with Crippen molar-refractivity contribution in [2.75, 3.05) is 13.1 Å². The molecule has 0 saturated carbocycles. The molecule has 0 aliphatic carbocycles. The third-order valence-corrected chi connectivity index (χ3v) is 4.95. The molecule has 7 nitrogen and oxygen atoms in total. The molecule has 0 unspecified atom stereocenters. The van der Waals surface area contributed by atoms with Crippen LogP contribution in [-0.4, -0.2) is 51.4 Å². The molecule has 8 heteroatoms. The number of hydrogen-bond acceptors (Lipinski definition) is 4. The van der Waals surface area contributed by atoms with Crippen molar-refractivity contribution in [3.8, 4) is 0 Å². The van der Waals surface area contributed by atoms with Crippen LogP contribution < -0.4 is 0 Å². The lowest BCUT2D eigenvalue weighted by Gasteiger charge is -2.31. The van der Waals surface area contributed by atoms with Crippen LogP contribution in [0.15, 0.2) is 66.7 Å². The lowest BCUT2D eigenvalue weighted by atomic mass is 9.89. The maximum atomic E-state index is 12.9. The second kappa shape index (κ2) is 13.8. The second-order valence-corrected chi connectivity index (χ2v) is 7.32. The summed E-state index contributed by atoms with van der Waals surface area (Å²) in [5, 5.41) is 15.6. The van der Waals surface area contributed by atoms with E-state index in [2.05, 4.69) is 29.2 Å². The summed E-state index contributed by atoms with van der Waals surface area (Å²) in [6.45, 7) is 2.89. The molecule has 0 spiro atoms. The van der Waals surface area contributed by atoms with Crippen LogP contribution in [0.2, 0.25) is 0 Å². The van der Waals surface area contributed by atoms with Gasteiger partial charge in [0.25, 0.3) is 0 Å². The van der Waals surface area contributed by atoms with Gasteiger partial charge < -0.3 is 15.7 Å². The Labute approximate surface area is 186 Å². The van der Waals surface area contributed by atoms with Crippen molar-refractivity contribution in [2.45, 2.75) is 25.8 Å². The van der Waals surface area contributed by atoms with Crippen LogP contribution in [0.25, 0.3) is 0 Å². The first-order valence-electron chi connectivity index (χ1n) is 10.0. The number of likely N-dealkylation sites (tertiary alicyclic amines) is 1. The normalized spacial score (nSPS) is 14.2. The topological polar surface area (TPSA) is 126 Å². The summed E-state index contributed by atoms with van der Waals surface area (Å²) in [6, 6.07) is 16.7. The molecule has 1 heterocycles. The zero-order valence-corrected chi connectivity index (χ0v) is 17.6. The minimum atomic E-state index is -1.26. The molecule has 0 bridgehead atoms. The number of ketones is 1. The molecule has 0 aromatic heterocycles. The molecular weight excluding hydrogens is 417 g/mol. The highest BCUT2D eigenvalue weighted by molar-refractivity contribution is 5.89. The van der Waals surface area contributed by atoms with Crippen molar-refractivity contribution in [1.29, 1.82) is 0 Å². The third kappa shape index (κ3) is 10.1. The molecule has 0 atom stereocenters. The summed E-state index contributed by atoms with van der Waals surface area (Å²) in [4.78, 5) is 33.9. The van der Waals surface area contributed by atoms with E-state index in [0.717, 1.165) is 38.0 Å². The number of nitrogens with zero attached hydrogens (tertiary/aromatic N) is 1. The molecule has 1 saturated heterocycles. The second-order valence-electron chi connectivity index (χ2n) is 7.32. The summed E-state index contributed by atoms with van der Waals surface area (Å²) in [5.74, 6) is -2.33. The third-order valence-electron chi connectivity index (χ3n) is 4.95. The van der Waals surface area contributed by atoms with Gasteiger partial charge in [0.05, 0.1) is 0 Å². The van der Waals surface area contributed by atoms with E-state index in [1.54, 1.807) is 12.1 Å². The van der Waals surface area contributed by atoms with Crippen LogP contribution in [0.3, 0.4) is 0 Å². The number of piperidine rings is 1. The molecule has 2 aromatic rings. The smallest absolute Gasteiger partial charge is 0.328 e. The number of halogens is 1. The van der Waals surface area contributed by atoms with Crippen LogP contribution in [0.5, 0.6) is 0 Å². The first kappa shape index (κ1) is 26.7. The number of carboxylic acids is 2. The average Bonchev–Trinajstić information content (AvgIpc) is 2.75. The molecule has 2 aromatic carbocycles. The van der Waals surface area contributed by atoms with Crippen molar-refractivity contribution < 1.29 is 34.5 Å². The highest BCUT2D eigenvalue weighted by Gasteiger charge is 2.24. The van der Waals surface area contributed by atoms with Gasteiger partial charge in [-0.1, -0.05) is 42.5 Å². The summed E-state index contributed by atoms with van der Waals surface area (Å²) >= 11 is 0. The SMILES string of the molecule is O.O=C(Cc1ccc(F)cc1)C1CCN(Cc2ccccc2)CC1.O=C(O)/C=C\C(=O)O. The standard InChI is InChI=1S/C20H22FNO.C4H4O4.H2O/c21-19-8-6-16(7-9-19)14-20(23)18-10-12-22(13-11-18)15-17-4-2-1-3-5-17;5-3(6)1-2-4(7)8;/h1-9,18H,10-15H2;1-2H,(H,5,6)(H,7,8);1H2/b;2-1-;. The largest absolute Gasteiger partial charge is 0.478 e. The first-order valence-corrected chi connectivity index (χ1v) is 10.0. The van der Waals surface area contributed by atoms with E-state index in [0.29, 0.717) is 18.6 Å². The zero-order chi connectivity index (χ0) is 22.6. The highest BCUT2D eigenvalue weighted by atomic mass is 19.1. The fourth-order valence-corrected chi connectivity index (χ4v) is 3.35. The van der Waals surface area contributed by atoms with E-state index in [4.69, 9.17) is 10.2 Å². The van der Waals surface area contributed by atoms with Gasteiger partial charge in [-0.2, -0.15) is 0 Å². The van der Waals surface area contributed by atoms with Gasteiger partial charge in [-0.3, -0.25) is 9.69 Å². The number of carbonyl (C=O) groups excluding carboxylic acids is 1. The monoisotopic (exact) mass is 445 g/mol. The number of benzene rings is 2. The van der Waals surface area contributed by atoms with E-state index in [-0.39, 0.29) is 23.0 Å². The van der Waals surface area contributed by atoms with Crippen LogP contribution in [0.1, 0.15) is 24.0 Å². The quantitative estimate of drug-likeness (QED) is 0.631. The van der Waals surface area contributed by atoms with Gasteiger partial charge in [0.15, 0.2) is 0 Å². The molecule has 1 aliphatic rings. The van der Waals surface area contributed by atoms with Gasteiger partial charge in [0, 0.05) is 31.0 Å². The van der Waals surface area contributed by atoms with Crippen LogP contribution in [0, 0.1) is 11.7 Å². The molecular formula is C24H28FNO6. The lowest BCUT2D eigenvalue weighted by Crippen LogP contribution is -2.36. The van der Waals surface area contributed by atoms with Crippen LogP contribution in [0.4, 0.5) is 4.39 Å². The van der Waals surface area contributed by atoms with Crippen molar-refractivity contribution in [2.24, 2.45) is 5.92 Å². The van der Waals surface area contributed by atoms with Gasteiger partial charge in [0.1, 0.15) is 11.6 Å². The van der Waals surface area contributed by atoms with E-state index in [1.807, 2.05) is 6.07 Å². The summed E-state index contributed by atoms with van der Waals surface area (Å²) in [6.07, 6.45) is 3.38. The van der Waals surface area contributed by atoms with Crippen molar-refractivity contribution in [3.05, 3.63) is 83.7 Å². The maximum absolute atomic E-state index is 12.9. The van der Waals surface area contributed by atoms with Gasteiger partial charge in [-0.05, 0) is 49.2 Å². The Morgan fingerprint density at radius 3 is 1.91 bits per heavy atom. The molecule has 0 radical (unpaired) electrons. The fourth-order valence-electron chi connectivity index (χ4n) is 3.35. The predicted octanol–water partition coefficient (Wildman–Crippen LogP) is 2.74. The Bertz CT molecular complexity index is 874. The molecule has 32 heavy (non-hydrogen) atoms. The number of hydrogen-bond donors (Lipinski definition) is 2. The Morgan fingerprint density at radius 2 is 1.41 bits per heavy atom. The highest BCUT2D eigenvalue weighted by Crippen LogP contribution is 2.21. The van der Waals surface area contributed by atoms with Gasteiger partial charge in [0.2, 0.25) is 0 Å². The molecule has 172 valence electrons. The van der Waals surface area contributed by atoms with Crippen LogP contribution >= 0.6 is 0 Å². The number of rotatable bonds is 7. The maximum Gasteiger partial charge on any atom is 0.328 e. The lowest BCUT2D eigenvalue weighted by molar-refractivity contribution is -0.134. The molecule has 1 aliphatic heterocycles. The fraction of sp³-hybridized carbons (Fsp3) is 0.292. The molecule has 4 N–H and O–H groups in total. The average molecular weight is 445 g/mol. The number of aliphatic carboxylic acids is 2. The van der Waals surface area contributed by atoms with Crippen molar-refractivity contribution in [1.82, 2.24) is 4.90 Å². The molecule has 3 rings (SSSR count). The van der Waals surface area contributed by atoms with E-state index >= 15 is 0 Å². The predicted molar refractivity (Wildman–Crippen MR) is 118 cm³/mol. The number of carboxylic acid groups (broad SMARTS) is 2. The minimum Gasteiger partial charge on any atom is -0.478 e. The Balaban J connectivity index is 0.000000491. The Morgan fingerprint density at radius 1 is 0.875 bits per heavy atom. The minimum absolute atomic E-state index is 0. The van der Waals surface area contributed by atoms with Crippen LogP contribution in [-0.2, 0) is 27.3 Å². The Hall–Kier alpha value is -3.36.